The SMILES string of the molecule is N#Cc1ccc2c(c1)c1ccccc1n2-c1cccc2c3ccccc3n(-c3ccc4c(c3)c3ccccc3n4-c3ccccc3)c12. The first-order valence-corrected chi connectivity index (χ1v) is 15.8. The number of nitrogens with zero attached hydrogens (tertiary/aromatic N) is 4. The summed E-state index contributed by atoms with van der Waals surface area (Å²) in [7, 11) is 0. The number of nitriles is 1. The molecule has 4 heteroatoms. The smallest absolute Gasteiger partial charge is 0.0991 e. The lowest BCUT2D eigenvalue weighted by Crippen LogP contribution is -2.01. The van der Waals surface area contributed by atoms with Crippen molar-refractivity contribution in [3.63, 3.8) is 0 Å². The normalized spacial score (nSPS) is 11.8. The largest absolute Gasteiger partial charge is 0.309 e. The van der Waals surface area contributed by atoms with Gasteiger partial charge in [-0.2, -0.15) is 5.26 Å². The first kappa shape index (κ1) is 25.7. The summed E-state index contributed by atoms with van der Waals surface area (Å²) in [5, 5.41) is 16.8. The van der Waals surface area contributed by atoms with Gasteiger partial charge in [0.1, 0.15) is 0 Å². The molecule has 218 valence electrons. The number of hydrogen-bond donors (Lipinski definition) is 0. The van der Waals surface area contributed by atoms with E-state index in [-0.39, 0.29) is 0 Å². The molecular weight excluding hydrogens is 573 g/mol. The van der Waals surface area contributed by atoms with Crippen molar-refractivity contribution in [2.45, 2.75) is 0 Å². The Labute approximate surface area is 270 Å². The fraction of sp³-hybridized carbons (Fsp3) is 0. The van der Waals surface area contributed by atoms with Gasteiger partial charge in [-0.25, -0.2) is 0 Å². The molecule has 3 heterocycles. The molecule has 0 aliphatic carbocycles. The summed E-state index contributed by atoms with van der Waals surface area (Å²) < 4.78 is 7.15. The van der Waals surface area contributed by atoms with Crippen molar-refractivity contribution in [3.8, 4) is 23.1 Å². The standard InChI is InChI=1S/C43H26N4/c44-27-28-21-23-41-35(25-28)32-14-6-9-19-39(32)47(41)42-20-10-16-34-31-13-4-8-18-38(31)46(43(34)42)30-22-24-40-36(26-30)33-15-5-7-17-37(33)45(40)29-11-2-1-3-12-29/h1-26H. The maximum atomic E-state index is 9.72. The van der Waals surface area contributed by atoms with E-state index in [1.165, 1.54) is 32.6 Å². The van der Waals surface area contributed by atoms with Gasteiger partial charge in [-0.1, -0.05) is 84.9 Å². The van der Waals surface area contributed by atoms with E-state index >= 15 is 0 Å². The van der Waals surface area contributed by atoms with Crippen LogP contribution in [0.15, 0.2) is 158 Å². The Morgan fingerprint density at radius 3 is 1.62 bits per heavy atom. The summed E-state index contributed by atoms with van der Waals surface area (Å²) in [6.07, 6.45) is 0. The van der Waals surface area contributed by atoms with Crippen LogP contribution >= 0.6 is 0 Å². The summed E-state index contributed by atoms with van der Waals surface area (Å²) in [5.74, 6) is 0. The minimum Gasteiger partial charge on any atom is -0.309 e. The van der Waals surface area contributed by atoms with Crippen LogP contribution in [0.4, 0.5) is 0 Å². The molecule has 0 bridgehead atoms. The summed E-state index contributed by atoms with van der Waals surface area (Å²) >= 11 is 0. The lowest BCUT2D eigenvalue weighted by atomic mass is 10.1. The minimum absolute atomic E-state index is 0.663. The molecule has 0 atom stereocenters. The van der Waals surface area contributed by atoms with Crippen molar-refractivity contribution in [2.24, 2.45) is 0 Å². The van der Waals surface area contributed by atoms with Crippen LogP contribution in [0.5, 0.6) is 0 Å². The number of benzene rings is 7. The number of para-hydroxylation sites is 5. The maximum Gasteiger partial charge on any atom is 0.0991 e. The average Bonchev–Trinajstić information content (AvgIpc) is 3.77. The molecule has 10 rings (SSSR count). The molecule has 0 radical (unpaired) electrons. The van der Waals surface area contributed by atoms with Gasteiger partial charge in [-0.05, 0) is 72.8 Å². The Hall–Kier alpha value is -6.57. The highest BCUT2D eigenvalue weighted by Gasteiger charge is 2.21. The quantitative estimate of drug-likeness (QED) is 0.199. The molecule has 47 heavy (non-hydrogen) atoms. The third-order valence-electron chi connectivity index (χ3n) is 9.64. The van der Waals surface area contributed by atoms with E-state index in [1.54, 1.807) is 0 Å². The molecule has 3 aromatic heterocycles. The van der Waals surface area contributed by atoms with Gasteiger partial charge >= 0.3 is 0 Å². The highest BCUT2D eigenvalue weighted by molar-refractivity contribution is 6.16. The fourth-order valence-corrected chi connectivity index (χ4v) is 7.71. The Balaban J connectivity index is 1.33. The number of aromatic nitrogens is 3. The predicted molar refractivity (Wildman–Crippen MR) is 194 cm³/mol. The number of rotatable bonds is 3. The van der Waals surface area contributed by atoms with Crippen molar-refractivity contribution in [2.75, 3.05) is 0 Å². The highest BCUT2D eigenvalue weighted by atomic mass is 15.1. The third-order valence-corrected chi connectivity index (χ3v) is 9.64. The van der Waals surface area contributed by atoms with E-state index in [0.29, 0.717) is 5.56 Å². The van der Waals surface area contributed by atoms with Gasteiger partial charge in [0.05, 0.1) is 50.4 Å². The second-order valence-corrected chi connectivity index (χ2v) is 12.1. The van der Waals surface area contributed by atoms with Crippen molar-refractivity contribution >= 4 is 65.4 Å². The Morgan fingerprint density at radius 1 is 0.362 bits per heavy atom. The molecule has 0 saturated heterocycles. The molecule has 0 spiro atoms. The molecule has 10 aromatic rings. The van der Waals surface area contributed by atoms with Gasteiger partial charge in [0, 0.05) is 43.7 Å². The van der Waals surface area contributed by atoms with Crippen molar-refractivity contribution < 1.29 is 0 Å². The highest BCUT2D eigenvalue weighted by Crippen LogP contribution is 2.41. The summed E-state index contributed by atoms with van der Waals surface area (Å²) in [6.45, 7) is 0. The van der Waals surface area contributed by atoms with Gasteiger partial charge < -0.3 is 13.7 Å². The molecule has 0 amide bonds. The molecule has 0 saturated carbocycles. The molecule has 0 fully saturated rings. The molecule has 0 aliphatic heterocycles. The van der Waals surface area contributed by atoms with Gasteiger partial charge in [-0.3, -0.25) is 0 Å². The van der Waals surface area contributed by atoms with Crippen molar-refractivity contribution in [1.82, 2.24) is 13.7 Å². The van der Waals surface area contributed by atoms with E-state index < -0.39 is 0 Å². The predicted octanol–water partition coefficient (Wildman–Crippen LogP) is 10.8. The second kappa shape index (κ2) is 9.71. The van der Waals surface area contributed by atoms with Crippen LogP contribution < -0.4 is 0 Å². The lowest BCUT2D eigenvalue weighted by molar-refractivity contribution is 1.13. The van der Waals surface area contributed by atoms with E-state index in [9.17, 15) is 5.26 Å². The van der Waals surface area contributed by atoms with E-state index in [4.69, 9.17) is 0 Å². The zero-order valence-electron chi connectivity index (χ0n) is 25.3. The lowest BCUT2D eigenvalue weighted by Gasteiger charge is -2.15. The van der Waals surface area contributed by atoms with Crippen LogP contribution in [0.2, 0.25) is 0 Å². The van der Waals surface area contributed by atoms with Crippen LogP contribution in [0, 0.1) is 11.3 Å². The number of hydrogen-bond acceptors (Lipinski definition) is 1. The topological polar surface area (TPSA) is 38.6 Å². The van der Waals surface area contributed by atoms with Crippen molar-refractivity contribution in [1.29, 1.82) is 5.26 Å². The van der Waals surface area contributed by atoms with Crippen LogP contribution in [0.3, 0.4) is 0 Å². The van der Waals surface area contributed by atoms with Crippen LogP contribution in [-0.4, -0.2) is 13.7 Å². The van der Waals surface area contributed by atoms with E-state index in [1.807, 2.05) is 12.1 Å². The average molecular weight is 599 g/mol. The fourth-order valence-electron chi connectivity index (χ4n) is 7.71. The second-order valence-electron chi connectivity index (χ2n) is 12.1. The van der Waals surface area contributed by atoms with Gasteiger partial charge in [0.25, 0.3) is 0 Å². The molecule has 7 aromatic carbocycles. The molecule has 0 N–H and O–H groups in total. The van der Waals surface area contributed by atoms with Crippen LogP contribution in [-0.2, 0) is 0 Å². The summed E-state index contributed by atoms with van der Waals surface area (Å²) in [6, 6.07) is 58.3. The third kappa shape index (κ3) is 3.57. The van der Waals surface area contributed by atoms with E-state index in [2.05, 4.69) is 165 Å². The molecule has 0 aliphatic rings. The molecule has 0 unspecified atom stereocenters. The van der Waals surface area contributed by atoms with Gasteiger partial charge in [0.15, 0.2) is 0 Å². The zero-order valence-corrected chi connectivity index (χ0v) is 25.3. The van der Waals surface area contributed by atoms with E-state index in [0.717, 1.165) is 49.9 Å². The van der Waals surface area contributed by atoms with Crippen molar-refractivity contribution in [3.05, 3.63) is 163 Å². The number of fused-ring (bicyclic) bond motifs is 9. The van der Waals surface area contributed by atoms with Gasteiger partial charge in [0.2, 0.25) is 0 Å². The van der Waals surface area contributed by atoms with Gasteiger partial charge in [-0.15, -0.1) is 0 Å². The van der Waals surface area contributed by atoms with Crippen LogP contribution in [0.1, 0.15) is 5.56 Å². The minimum atomic E-state index is 0.663. The summed E-state index contributed by atoms with van der Waals surface area (Å²) in [5.41, 5.74) is 10.9. The zero-order chi connectivity index (χ0) is 31.1. The molecular formula is C43H26N4. The molecule has 4 nitrogen and oxygen atoms in total. The Morgan fingerprint density at radius 2 is 0.894 bits per heavy atom. The Bertz CT molecular complexity index is 2910. The first-order chi connectivity index (χ1) is 23.3. The maximum absolute atomic E-state index is 9.72. The summed E-state index contributed by atoms with van der Waals surface area (Å²) in [4.78, 5) is 0. The van der Waals surface area contributed by atoms with Crippen LogP contribution in [0.25, 0.3) is 82.5 Å². The monoisotopic (exact) mass is 598 g/mol. The first-order valence-electron chi connectivity index (χ1n) is 15.8. The Kier molecular flexibility index (Phi) is 5.32.